The Balaban J connectivity index is 2.41. The van der Waals surface area contributed by atoms with Crippen LogP contribution in [0.5, 0.6) is 0 Å². The number of benzene rings is 1. The number of rotatable bonds is 2. The Bertz CT molecular complexity index is 493. The molecule has 2 rings (SSSR count). The predicted molar refractivity (Wildman–Crippen MR) is 60.5 cm³/mol. The smallest absolute Gasteiger partial charge is 0.186 e. The molecule has 1 aliphatic rings. The van der Waals surface area contributed by atoms with Gasteiger partial charge >= 0.3 is 0 Å². The highest BCUT2D eigenvalue weighted by atomic mass is 32.2. The first-order valence-electron chi connectivity index (χ1n) is 5.16. The van der Waals surface area contributed by atoms with Gasteiger partial charge in [0.25, 0.3) is 0 Å². The van der Waals surface area contributed by atoms with Gasteiger partial charge in [0, 0.05) is 0 Å². The Morgan fingerprint density at radius 3 is 2.56 bits per heavy atom. The van der Waals surface area contributed by atoms with Crippen molar-refractivity contribution in [3.05, 3.63) is 30.3 Å². The minimum Gasteiger partial charge on any atom is -0.411 e. The van der Waals surface area contributed by atoms with Crippen molar-refractivity contribution in [2.45, 2.75) is 29.4 Å². The number of nitrogens with zero attached hydrogens (tertiary/aromatic N) is 1. The molecule has 0 aromatic heterocycles. The maximum Gasteiger partial charge on any atom is 0.186 e. The predicted octanol–water partition coefficient (Wildman–Crippen LogP) is 1.84. The molecule has 0 aliphatic heterocycles. The van der Waals surface area contributed by atoms with Gasteiger partial charge in [0.1, 0.15) is 5.25 Å². The zero-order valence-electron chi connectivity index (χ0n) is 8.70. The van der Waals surface area contributed by atoms with E-state index in [0.717, 1.165) is 6.42 Å². The fourth-order valence-electron chi connectivity index (χ4n) is 2.02. The van der Waals surface area contributed by atoms with Crippen LogP contribution in [0.1, 0.15) is 19.3 Å². The summed E-state index contributed by atoms with van der Waals surface area (Å²) in [5.41, 5.74) is 0.379. The number of sulfone groups is 1. The summed E-state index contributed by atoms with van der Waals surface area (Å²) >= 11 is 0. The third-order valence-electron chi connectivity index (χ3n) is 2.85. The lowest BCUT2D eigenvalue weighted by atomic mass is 10.3. The van der Waals surface area contributed by atoms with Gasteiger partial charge in [0.2, 0.25) is 0 Å². The second-order valence-corrected chi connectivity index (χ2v) is 5.96. The Morgan fingerprint density at radius 2 is 1.94 bits per heavy atom. The van der Waals surface area contributed by atoms with Crippen molar-refractivity contribution in [1.29, 1.82) is 0 Å². The molecule has 1 unspecified atom stereocenters. The largest absolute Gasteiger partial charge is 0.411 e. The molecule has 16 heavy (non-hydrogen) atoms. The Labute approximate surface area is 94.5 Å². The van der Waals surface area contributed by atoms with E-state index >= 15 is 0 Å². The van der Waals surface area contributed by atoms with Crippen molar-refractivity contribution in [3.63, 3.8) is 0 Å². The summed E-state index contributed by atoms with van der Waals surface area (Å²) in [5, 5.41) is 11.2. The third-order valence-corrected chi connectivity index (χ3v) is 5.03. The highest BCUT2D eigenvalue weighted by Crippen LogP contribution is 2.27. The van der Waals surface area contributed by atoms with Gasteiger partial charge in [-0.25, -0.2) is 8.42 Å². The lowest BCUT2D eigenvalue weighted by Gasteiger charge is -2.11. The van der Waals surface area contributed by atoms with E-state index in [1.54, 1.807) is 30.3 Å². The standard InChI is InChI=1S/C11H13NO3S/c13-12-10-7-4-8-11(10)16(14,15)9-5-2-1-3-6-9/h1-3,5-6,11,13H,4,7-8H2/b12-10-. The summed E-state index contributed by atoms with van der Waals surface area (Å²) in [7, 11) is -3.39. The molecule has 5 heteroatoms. The average Bonchev–Trinajstić information content (AvgIpc) is 2.79. The van der Waals surface area contributed by atoms with E-state index in [4.69, 9.17) is 5.21 Å². The molecule has 86 valence electrons. The highest BCUT2D eigenvalue weighted by Gasteiger charge is 2.35. The van der Waals surface area contributed by atoms with E-state index in [-0.39, 0.29) is 0 Å². The number of oxime groups is 1. The zero-order valence-corrected chi connectivity index (χ0v) is 9.52. The lowest BCUT2D eigenvalue weighted by Crippen LogP contribution is -2.25. The first kappa shape index (κ1) is 11.1. The lowest BCUT2D eigenvalue weighted by molar-refractivity contribution is 0.317. The van der Waals surface area contributed by atoms with Gasteiger partial charge < -0.3 is 5.21 Å². The number of hydrogen-bond donors (Lipinski definition) is 1. The summed E-state index contributed by atoms with van der Waals surface area (Å²) in [5.74, 6) is 0. The molecule has 0 heterocycles. The van der Waals surface area contributed by atoms with E-state index < -0.39 is 15.1 Å². The first-order valence-corrected chi connectivity index (χ1v) is 6.70. The van der Waals surface area contributed by atoms with Crippen molar-refractivity contribution in [1.82, 2.24) is 0 Å². The molecule has 1 atom stereocenters. The topological polar surface area (TPSA) is 66.7 Å². The van der Waals surface area contributed by atoms with Crippen molar-refractivity contribution >= 4 is 15.5 Å². The van der Waals surface area contributed by atoms with Gasteiger partial charge in [-0.05, 0) is 31.4 Å². The average molecular weight is 239 g/mol. The summed E-state index contributed by atoms with van der Waals surface area (Å²) in [6.07, 6.45) is 1.86. The third kappa shape index (κ3) is 1.82. The first-order chi connectivity index (χ1) is 7.66. The van der Waals surface area contributed by atoms with Crippen LogP contribution in [0.25, 0.3) is 0 Å². The highest BCUT2D eigenvalue weighted by molar-refractivity contribution is 7.92. The fraction of sp³-hybridized carbons (Fsp3) is 0.364. The summed E-state index contributed by atoms with van der Waals surface area (Å²) in [6.45, 7) is 0. The molecule has 1 aromatic rings. The molecule has 1 aromatic carbocycles. The molecule has 0 bridgehead atoms. The van der Waals surface area contributed by atoms with E-state index in [9.17, 15) is 8.42 Å². The van der Waals surface area contributed by atoms with E-state index in [0.29, 0.717) is 23.4 Å². The molecule has 1 fully saturated rings. The van der Waals surface area contributed by atoms with E-state index in [1.807, 2.05) is 0 Å². The maximum absolute atomic E-state index is 12.2. The van der Waals surface area contributed by atoms with Gasteiger partial charge in [0.05, 0.1) is 10.6 Å². The summed E-state index contributed by atoms with van der Waals surface area (Å²) in [4.78, 5) is 0.294. The fourth-order valence-corrected chi connectivity index (χ4v) is 3.88. The quantitative estimate of drug-likeness (QED) is 0.632. The molecule has 1 aliphatic carbocycles. The molecule has 0 radical (unpaired) electrons. The van der Waals surface area contributed by atoms with Crippen molar-refractivity contribution in [2.75, 3.05) is 0 Å². The molecule has 1 saturated carbocycles. The Hall–Kier alpha value is -1.36. The SMILES string of the molecule is O=S(=O)(c1ccccc1)C1CCC/C1=N/O. The van der Waals surface area contributed by atoms with E-state index in [2.05, 4.69) is 5.16 Å². The molecular formula is C11H13NO3S. The van der Waals surface area contributed by atoms with Crippen molar-refractivity contribution < 1.29 is 13.6 Å². The molecule has 0 saturated heterocycles. The molecule has 0 amide bonds. The Kier molecular flexibility index (Phi) is 2.96. The van der Waals surface area contributed by atoms with Gasteiger partial charge in [-0.1, -0.05) is 23.4 Å². The minimum absolute atomic E-state index is 0.294. The molecule has 0 spiro atoms. The molecular weight excluding hydrogens is 226 g/mol. The zero-order chi connectivity index (χ0) is 11.6. The maximum atomic E-state index is 12.2. The van der Waals surface area contributed by atoms with Crippen LogP contribution in [0.3, 0.4) is 0 Å². The van der Waals surface area contributed by atoms with Crippen molar-refractivity contribution in [3.8, 4) is 0 Å². The van der Waals surface area contributed by atoms with Crippen LogP contribution in [-0.4, -0.2) is 24.6 Å². The van der Waals surface area contributed by atoms with Gasteiger partial charge in [-0.2, -0.15) is 0 Å². The van der Waals surface area contributed by atoms with Crippen LogP contribution in [0.4, 0.5) is 0 Å². The van der Waals surface area contributed by atoms with Crippen molar-refractivity contribution in [2.24, 2.45) is 5.16 Å². The normalized spacial score (nSPS) is 23.8. The summed E-state index contributed by atoms with van der Waals surface area (Å²) in [6, 6.07) is 8.30. The van der Waals surface area contributed by atoms with Gasteiger partial charge in [-0.3, -0.25) is 0 Å². The van der Waals surface area contributed by atoms with Crippen LogP contribution in [-0.2, 0) is 9.84 Å². The van der Waals surface area contributed by atoms with Crippen LogP contribution in [0, 0.1) is 0 Å². The minimum atomic E-state index is -3.39. The monoisotopic (exact) mass is 239 g/mol. The van der Waals surface area contributed by atoms with Gasteiger partial charge in [0.15, 0.2) is 9.84 Å². The van der Waals surface area contributed by atoms with E-state index in [1.165, 1.54) is 0 Å². The van der Waals surface area contributed by atoms with Crippen LogP contribution >= 0.6 is 0 Å². The number of hydrogen-bond acceptors (Lipinski definition) is 4. The van der Waals surface area contributed by atoms with Crippen LogP contribution in [0.2, 0.25) is 0 Å². The summed E-state index contributed by atoms with van der Waals surface area (Å²) < 4.78 is 24.4. The van der Waals surface area contributed by atoms with Crippen LogP contribution in [0.15, 0.2) is 40.4 Å². The second-order valence-electron chi connectivity index (χ2n) is 3.83. The second kappa shape index (κ2) is 4.25. The van der Waals surface area contributed by atoms with Gasteiger partial charge in [-0.15, -0.1) is 0 Å². The Morgan fingerprint density at radius 1 is 1.25 bits per heavy atom. The van der Waals surface area contributed by atoms with Crippen LogP contribution < -0.4 is 0 Å². The molecule has 4 nitrogen and oxygen atoms in total. The molecule has 1 N–H and O–H groups in total.